The Balaban J connectivity index is 2.07. The van der Waals surface area contributed by atoms with Crippen molar-refractivity contribution in [2.75, 3.05) is 19.8 Å². The van der Waals surface area contributed by atoms with Gasteiger partial charge in [-0.1, -0.05) is 6.07 Å². The second-order valence-electron chi connectivity index (χ2n) is 5.31. The fraction of sp³-hybridized carbons (Fsp3) is 0.500. The molecule has 6 nitrogen and oxygen atoms in total. The quantitative estimate of drug-likeness (QED) is 0.859. The second kappa shape index (κ2) is 6.55. The molecule has 21 heavy (non-hydrogen) atoms. The van der Waals surface area contributed by atoms with Gasteiger partial charge >= 0.3 is 0 Å². The van der Waals surface area contributed by atoms with Crippen LogP contribution in [0.4, 0.5) is 0 Å². The van der Waals surface area contributed by atoms with E-state index in [4.69, 9.17) is 9.88 Å². The van der Waals surface area contributed by atoms with Crippen LogP contribution < -0.4 is 10.5 Å². The highest BCUT2D eigenvalue weighted by molar-refractivity contribution is 7.89. The molecular weight excluding hydrogens is 292 g/mol. The van der Waals surface area contributed by atoms with Gasteiger partial charge in [0.1, 0.15) is 0 Å². The van der Waals surface area contributed by atoms with E-state index in [1.54, 1.807) is 13.0 Å². The number of sulfonamides is 1. The molecule has 0 aromatic heterocycles. The normalized spacial score (nSPS) is 19.2. The van der Waals surface area contributed by atoms with Crippen molar-refractivity contribution in [3.63, 3.8) is 0 Å². The van der Waals surface area contributed by atoms with E-state index in [-0.39, 0.29) is 10.8 Å². The molecule has 1 heterocycles. The van der Waals surface area contributed by atoms with Crippen LogP contribution in [-0.4, -0.2) is 34.1 Å². The van der Waals surface area contributed by atoms with Gasteiger partial charge in [0.05, 0.1) is 11.5 Å². The van der Waals surface area contributed by atoms with E-state index in [1.165, 1.54) is 12.1 Å². The number of benzene rings is 1. The van der Waals surface area contributed by atoms with E-state index < -0.39 is 10.0 Å². The fourth-order valence-corrected chi connectivity index (χ4v) is 2.86. The number of hydrogen-bond acceptors (Lipinski definition) is 4. The van der Waals surface area contributed by atoms with Crippen molar-refractivity contribution in [2.45, 2.75) is 24.7 Å². The molecule has 1 unspecified atom stereocenters. The Hall–Kier alpha value is -1.44. The first-order chi connectivity index (χ1) is 9.88. The monoisotopic (exact) mass is 312 g/mol. The van der Waals surface area contributed by atoms with Gasteiger partial charge in [0, 0.05) is 18.7 Å². The molecule has 0 aliphatic carbocycles. The van der Waals surface area contributed by atoms with Gasteiger partial charge in [-0.15, -0.1) is 0 Å². The maximum absolute atomic E-state index is 12.2. The van der Waals surface area contributed by atoms with E-state index in [0.29, 0.717) is 30.2 Å². The summed E-state index contributed by atoms with van der Waals surface area (Å²) < 4.78 is 28.1. The van der Waals surface area contributed by atoms with Crippen LogP contribution in [0.3, 0.4) is 0 Å². The van der Waals surface area contributed by atoms with Gasteiger partial charge < -0.3 is 10.1 Å². The second-order valence-corrected chi connectivity index (χ2v) is 6.88. The van der Waals surface area contributed by atoms with E-state index in [1.807, 2.05) is 0 Å². The first-order valence-corrected chi connectivity index (χ1v) is 8.42. The van der Waals surface area contributed by atoms with Gasteiger partial charge in [-0.25, -0.2) is 13.6 Å². The van der Waals surface area contributed by atoms with Crippen LogP contribution in [0.15, 0.2) is 23.1 Å². The molecule has 1 fully saturated rings. The van der Waals surface area contributed by atoms with Crippen molar-refractivity contribution in [1.82, 2.24) is 5.32 Å². The summed E-state index contributed by atoms with van der Waals surface area (Å²) in [5.41, 5.74) is 1.04. The standard InChI is InChI=1S/C14H20N2O4S/c1-10-4-5-12(21(15,18)19)7-13(10)14(17)16-8-11-3-2-6-20-9-11/h4-5,7,11H,2-3,6,8-9H2,1H3,(H,16,17)(H2,15,18,19). The zero-order valence-corrected chi connectivity index (χ0v) is 12.8. The SMILES string of the molecule is Cc1ccc(S(N)(=O)=O)cc1C(=O)NCC1CCCOC1. The first kappa shape index (κ1) is 15.9. The molecule has 1 aliphatic heterocycles. The van der Waals surface area contributed by atoms with E-state index in [9.17, 15) is 13.2 Å². The van der Waals surface area contributed by atoms with Crippen molar-refractivity contribution in [1.29, 1.82) is 0 Å². The predicted octanol–water partition coefficient (Wildman–Crippen LogP) is 0.799. The Morgan fingerprint density at radius 1 is 1.48 bits per heavy atom. The average Bonchev–Trinajstić information content (AvgIpc) is 2.45. The summed E-state index contributed by atoms with van der Waals surface area (Å²) in [7, 11) is -3.81. The van der Waals surface area contributed by atoms with E-state index >= 15 is 0 Å². The Morgan fingerprint density at radius 3 is 2.86 bits per heavy atom. The smallest absolute Gasteiger partial charge is 0.251 e. The number of carbonyl (C=O) groups excluding carboxylic acids is 1. The minimum Gasteiger partial charge on any atom is -0.381 e. The number of aryl methyl sites for hydroxylation is 1. The van der Waals surface area contributed by atoms with Crippen LogP contribution >= 0.6 is 0 Å². The maximum atomic E-state index is 12.2. The number of hydrogen-bond donors (Lipinski definition) is 2. The molecule has 116 valence electrons. The number of amides is 1. The zero-order valence-electron chi connectivity index (χ0n) is 12.0. The highest BCUT2D eigenvalue weighted by Gasteiger charge is 2.18. The molecule has 1 saturated heterocycles. The number of primary sulfonamides is 1. The maximum Gasteiger partial charge on any atom is 0.251 e. The Labute approximate surface area is 124 Å². The van der Waals surface area contributed by atoms with Crippen molar-refractivity contribution in [2.24, 2.45) is 11.1 Å². The van der Waals surface area contributed by atoms with Gasteiger partial charge in [0.25, 0.3) is 5.91 Å². The summed E-state index contributed by atoms with van der Waals surface area (Å²) in [4.78, 5) is 12.1. The summed E-state index contributed by atoms with van der Waals surface area (Å²) in [6.45, 7) is 3.71. The Morgan fingerprint density at radius 2 is 2.24 bits per heavy atom. The molecule has 3 N–H and O–H groups in total. The molecule has 0 radical (unpaired) electrons. The number of carbonyl (C=O) groups is 1. The van der Waals surface area contributed by atoms with Crippen LogP contribution in [0, 0.1) is 12.8 Å². The number of nitrogens with one attached hydrogen (secondary N) is 1. The lowest BCUT2D eigenvalue weighted by Gasteiger charge is -2.22. The highest BCUT2D eigenvalue weighted by Crippen LogP contribution is 2.16. The lowest BCUT2D eigenvalue weighted by molar-refractivity contribution is 0.0536. The lowest BCUT2D eigenvalue weighted by atomic mass is 10.0. The Bertz CT molecular complexity index is 622. The number of rotatable bonds is 4. The van der Waals surface area contributed by atoms with Crippen molar-refractivity contribution < 1.29 is 17.9 Å². The molecule has 0 bridgehead atoms. The van der Waals surface area contributed by atoms with Gasteiger partial charge in [-0.05, 0) is 43.4 Å². The summed E-state index contributed by atoms with van der Waals surface area (Å²) in [6.07, 6.45) is 2.02. The van der Waals surface area contributed by atoms with Gasteiger partial charge in [-0.2, -0.15) is 0 Å². The van der Waals surface area contributed by atoms with Crippen molar-refractivity contribution in [3.8, 4) is 0 Å². The lowest BCUT2D eigenvalue weighted by Crippen LogP contribution is -2.33. The van der Waals surface area contributed by atoms with Gasteiger partial charge in [0.15, 0.2) is 0 Å². The average molecular weight is 312 g/mol. The van der Waals surface area contributed by atoms with Crippen LogP contribution in [0.5, 0.6) is 0 Å². The minimum absolute atomic E-state index is 0.0563. The minimum atomic E-state index is -3.81. The molecule has 1 atom stereocenters. The predicted molar refractivity (Wildman–Crippen MR) is 78.4 cm³/mol. The molecule has 1 aromatic carbocycles. The molecule has 1 amide bonds. The summed E-state index contributed by atoms with van der Waals surface area (Å²) in [5.74, 6) is 0.0213. The molecule has 0 spiro atoms. The van der Waals surface area contributed by atoms with Crippen molar-refractivity contribution in [3.05, 3.63) is 29.3 Å². The number of ether oxygens (including phenoxy) is 1. The summed E-state index contributed by atoms with van der Waals surface area (Å²) in [6, 6.07) is 4.30. The largest absolute Gasteiger partial charge is 0.381 e. The molecule has 0 saturated carbocycles. The van der Waals surface area contributed by atoms with E-state index in [0.717, 1.165) is 19.4 Å². The fourth-order valence-electron chi connectivity index (χ4n) is 2.32. The highest BCUT2D eigenvalue weighted by atomic mass is 32.2. The topological polar surface area (TPSA) is 98.5 Å². The molecule has 7 heteroatoms. The third-order valence-corrected chi connectivity index (χ3v) is 4.50. The van der Waals surface area contributed by atoms with Crippen LogP contribution in [0.2, 0.25) is 0 Å². The van der Waals surface area contributed by atoms with Gasteiger partial charge in [-0.3, -0.25) is 4.79 Å². The van der Waals surface area contributed by atoms with Crippen LogP contribution in [0.1, 0.15) is 28.8 Å². The Kier molecular flexibility index (Phi) is 4.97. The third-order valence-electron chi connectivity index (χ3n) is 3.59. The van der Waals surface area contributed by atoms with Gasteiger partial charge in [0.2, 0.25) is 10.0 Å². The third kappa shape index (κ3) is 4.26. The number of nitrogens with two attached hydrogens (primary N) is 1. The molecular formula is C14H20N2O4S. The molecule has 2 rings (SSSR count). The molecule has 1 aliphatic rings. The summed E-state index contributed by atoms with van der Waals surface area (Å²) in [5, 5.41) is 7.92. The summed E-state index contributed by atoms with van der Waals surface area (Å²) >= 11 is 0. The van der Waals surface area contributed by atoms with Crippen molar-refractivity contribution >= 4 is 15.9 Å². The van der Waals surface area contributed by atoms with Crippen LogP contribution in [0.25, 0.3) is 0 Å². The first-order valence-electron chi connectivity index (χ1n) is 6.87. The van der Waals surface area contributed by atoms with E-state index in [2.05, 4.69) is 5.32 Å². The van der Waals surface area contributed by atoms with Crippen LogP contribution in [-0.2, 0) is 14.8 Å². The molecule has 1 aromatic rings. The zero-order chi connectivity index (χ0) is 15.5.